The lowest BCUT2D eigenvalue weighted by Crippen LogP contribution is -2.48. The van der Waals surface area contributed by atoms with Crippen LogP contribution in [0.25, 0.3) is 0 Å². The number of benzene rings is 1. The Kier molecular flexibility index (Phi) is 9.59. The minimum Gasteiger partial charge on any atom is -0.453 e. The number of nitrogens with zero attached hydrogens (tertiary/aromatic N) is 3. The molecule has 4 N–H and O–H groups in total. The van der Waals surface area contributed by atoms with Crippen LogP contribution in [0.1, 0.15) is 44.2 Å². The molecule has 2 atom stereocenters. The van der Waals surface area contributed by atoms with Crippen LogP contribution in [0.4, 0.5) is 4.79 Å². The zero-order chi connectivity index (χ0) is 26.8. The normalized spacial score (nSPS) is 17.9. The van der Waals surface area contributed by atoms with Gasteiger partial charge in [-0.2, -0.15) is 0 Å². The van der Waals surface area contributed by atoms with E-state index in [-0.39, 0.29) is 23.7 Å². The number of rotatable bonds is 12. The lowest BCUT2D eigenvalue weighted by atomic mass is 9.82. The summed E-state index contributed by atoms with van der Waals surface area (Å²) in [5, 5.41) is 5.43. The van der Waals surface area contributed by atoms with Crippen LogP contribution in [-0.4, -0.2) is 60.0 Å². The van der Waals surface area contributed by atoms with E-state index >= 15 is 0 Å². The highest BCUT2D eigenvalue weighted by Gasteiger charge is 2.49. The molecule has 0 bridgehead atoms. The topological polar surface area (TPSA) is 139 Å². The number of carbonyl (C=O) groups is 3. The van der Waals surface area contributed by atoms with Gasteiger partial charge in [-0.1, -0.05) is 44.2 Å². The largest absolute Gasteiger partial charge is 0.453 e. The van der Waals surface area contributed by atoms with E-state index in [9.17, 15) is 14.4 Å². The molecule has 0 saturated heterocycles. The lowest BCUT2D eigenvalue weighted by Gasteiger charge is -2.28. The number of aliphatic imine (C=N–C) groups is 1. The second-order valence-corrected chi connectivity index (χ2v) is 9.50. The van der Waals surface area contributed by atoms with Crippen molar-refractivity contribution in [2.45, 2.75) is 51.1 Å². The number of unbranched alkanes of at least 4 members (excludes halogenated alkanes) is 1. The van der Waals surface area contributed by atoms with Crippen LogP contribution >= 0.6 is 0 Å². The zero-order valence-corrected chi connectivity index (χ0v) is 21.6. The zero-order valence-electron chi connectivity index (χ0n) is 21.6. The first-order valence-corrected chi connectivity index (χ1v) is 12.5. The van der Waals surface area contributed by atoms with Gasteiger partial charge in [-0.25, -0.2) is 9.79 Å². The van der Waals surface area contributed by atoms with Crippen molar-refractivity contribution in [3.63, 3.8) is 0 Å². The maximum absolute atomic E-state index is 13.5. The number of pyridine rings is 1. The van der Waals surface area contributed by atoms with Gasteiger partial charge in [0.1, 0.15) is 6.04 Å². The average molecular weight is 509 g/mol. The van der Waals surface area contributed by atoms with Crippen LogP contribution < -0.4 is 16.4 Å². The molecule has 1 unspecified atom stereocenters. The minimum atomic E-state index is -1.01. The molecule has 0 spiro atoms. The second-order valence-electron chi connectivity index (χ2n) is 9.50. The predicted molar refractivity (Wildman–Crippen MR) is 140 cm³/mol. The molecule has 2 aromatic rings. The van der Waals surface area contributed by atoms with E-state index in [2.05, 4.69) is 39.2 Å². The number of nitrogens with two attached hydrogens (primary N) is 1. The molecule has 1 aromatic heterocycles. The Labute approximate surface area is 217 Å². The van der Waals surface area contributed by atoms with E-state index < -0.39 is 17.7 Å². The average Bonchev–Trinajstić information content (AvgIpc) is 3.13. The molecule has 3 rings (SSSR count). The van der Waals surface area contributed by atoms with Gasteiger partial charge in [-0.15, -0.1) is 0 Å². The fraction of sp³-hybridized carbons (Fsp3) is 0.444. The van der Waals surface area contributed by atoms with Gasteiger partial charge in [-0.3, -0.25) is 19.5 Å². The van der Waals surface area contributed by atoms with Crippen molar-refractivity contribution in [3.8, 4) is 0 Å². The van der Waals surface area contributed by atoms with E-state index in [0.29, 0.717) is 38.8 Å². The maximum atomic E-state index is 13.5. The van der Waals surface area contributed by atoms with Crippen LogP contribution in [0.5, 0.6) is 0 Å². The summed E-state index contributed by atoms with van der Waals surface area (Å²) < 4.78 is 4.66. The van der Waals surface area contributed by atoms with Crippen molar-refractivity contribution in [3.05, 3.63) is 66.0 Å². The van der Waals surface area contributed by atoms with Crippen molar-refractivity contribution in [1.29, 1.82) is 0 Å². The Morgan fingerprint density at radius 1 is 1.11 bits per heavy atom. The monoisotopic (exact) mass is 508 g/mol. The van der Waals surface area contributed by atoms with Crippen LogP contribution in [0, 0.1) is 5.92 Å². The molecule has 1 aromatic carbocycles. The van der Waals surface area contributed by atoms with Crippen molar-refractivity contribution in [2.24, 2.45) is 16.6 Å². The third-order valence-electron chi connectivity index (χ3n) is 6.23. The first-order chi connectivity index (χ1) is 17.8. The third-order valence-corrected chi connectivity index (χ3v) is 6.23. The maximum Gasteiger partial charge on any atom is 0.407 e. The fourth-order valence-corrected chi connectivity index (χ4v) is 4.49. The predicted octanol–water partition coefficient (Wildman–Crippen LogP) is 2.34. The quantitative estimate of drug-likeness (QED) is 0.376. The van der Waals surface area contributed by atoms with Crippen LogP contribution in [0.2, 0.25) is 0 Å². The van der Waals surface area contributed by atoms with Gasteiger partial charge in [0.2, 0.25) is 5.91 Å². The molecule has 0 aliphatic carbocycles. The Balaban J connectivity index is 1.54. The standard InChI is InChI=1S/C27H36N6O4/c1-19(2)18-27(21-9-5-4-6-10-21)24(35)33(25(28)32-27)16-8-7-13-30-23(34)22(31-26(36)37-3)17-20-11-14-29-15-12-20/h4-6,9-12,14-15,19,22H,7-8,13,16-18H2,1-3H3,(H2,28,32)(H,30,34)(H,31,36)/t22-,27?/m0/s1. The summed E-state index contributed by atoms with van der Waals surface area (Å²) in [6.45, 7) is 4.90. The van der Waals surface area contributed by atoms with Gasteiger partial charge >= 0.3 is 6.09 Å². The SMILES string of the molecule is COC(=O)N[C@@H](Cc1ccncc1)C(=O)NCCCCN1C(=O)C(CC(C)C)(c2ccccc2)N=C1N. The van der Waals surface area contributed by atoms with Crippen molar-refractivity contribution >= 4 is 23.9 Å². The van der Waals surface area contributed by atoms with E-state index in [0.717, 1.165) is 11.1 Å². The summed E-state index contributed by atoms with van der Waals surface area (Å²) in [6.07, 6.45) is 4.68. The number of amides is 3. The lowest BCUT2D eigenvalue weighted by molar-refractivity contribution is -0.132. The Morgan fingerprint density at radius 2 is 1.81 bits per heavy atom. The van der Waals surface area contributed by atoms with Crippen LogP contribution in [0.3, 0.4) is 0 Å². The number of methoxy groups -OCH3 is 1. The Morgan fingerprint density at radius 3 is 2.46 bits per heavy atom. The molecule has 2 heterocycles. The number of nitrogens with one attached hydrogen (secondary N) is 2. The number of ether oxygens (including phenoxy) is 1. The molecule has 10 heteroatoms. The smallest absolute Gasteiger partial charge is 0.407 e. The van der Waals surface area contributed by atoms with Gasteiger partial charge in [0.05, 0.1) is 7.11 Å². The number of aromatic nitrogens is 1. The molecular weight excluding hydrogens is 472 g/mol. The highest BCUT2D eigenvalue weighted by Crippen LogP contribution is 2.38. The number of hydrogen-bond acceptors (Lipinski definition) is 7. The molecular formula is C27H36N6O4. The first kappa shape index (κ1) is 27.6. The van der Waals surface area contributed by atoms with E-state index in [4.69, 9.17) is 5.73 Å². The minimum absolute atomic E-state index is 0.117. The summed E-state index contributed by atoms with van der Waals surface area (Å²) in [5.41, 5.74) is 6.91. The van der Waals surface area contributed by atoms with E-state index in [1.54, 1.807) is 29.4 Å². The van der Waals surface area contributed by atoms with Gasteiger partial charge < -0.3 is 21.1 Å². The summed E-state index contributed by atoms with van der Waals surface area (Å²) in [5.74, 6) is 0.0296. The molecule has 198 valence electrons. The molecule has 10 nitrogen and oxygen atoms in total. The molecule has 0 saturated carbocycles. The first-order valence-electron chi connectivity index (χ1n) is 12.5. The molecule has 3 amide bonds. The van der Waals surface area contributed by atoms with Crippen LogP contribution in [-0.2, 0) is 26.3 Å². The van der Waals surface area contributed by atoms with Crippen LogP contribution in [0.15, 0.2) is 59.9 Å². The molecule has 0 fully saturated rings. The molecule has 1 aliphatic heterocycles. The van der Waals surface area contributed by atoms with E-state index in [1.807, 2.05) is 30.3 Å². The van der Waals surface area contributed by atoms with Crippen molar-refractivity contribution in [2.75, 3.05) is 20.2 Å². The summed E-state index contributed by atoms with van der Waals surface area (Å²) in [6, 6.07) is 12.3. The number of alkyl carbamates (subject to hydrolysis) is 1. The highest BCUT2D eigenvalue weighted by atomic mass is 16.5. The summed E-state index contributed by atoms with van der Waals surface area (Å²) in [4.78, 5) is 48.2. The molecule has 37 heavy (non-hydrogen) atoms. The van der Waals surface area contributed by atoms with Gasteiger partial charge in [-0.05, 0) is 48.4 Å². The van der Waals surface area contributed by atoms with Gasteiger partial charge in [0.15, 0.2) is 11.5 Å². The Hall–Kier alpha value is -3.95. The highest BCUT2D eigenvalue weighted by molar-refractivity contribution is 6.07. The fourth-order valence-electron chi connectivity index (χ4n) is 4.49. The van der Waals surface area contributed by atoms with Crippen molar-refractivity contribution in [1.82, 2.24) is 20.5 Å². The van der Waals surface area contributed by atoms with E-state index in [1.165, 1.54) is 7.11 Å². The molecule has 0 radical (unpaired) electrons. The van der Waals surface area contributed by atoms with Gasteiger partial charge in [0, 0.05) is 31.9 Å². The summed E-state index contributed by atoms with van der Waals surface area (Å²) in [7, 11) is 1.25. The number of guanidine groups is 1. The second kappa shape index (κ2) is 12.8. The number of hydrogen-bond donors (Lipinski definition) is 3. The van der Waals surface area contributed by atoms with Crippen molar-refractivity contribution < 1.29 is 19.1 Å². The number of carbonyl (C=O) groups excluding carboxylic acids is 3. The third kappa shape index (κ3) is 7.05. The Bertz CT molecular complexity index is 1090. The molecule has 1 aliphatic rings. The summed E-state index contributed by atoms with van der Waals surface area (Å²) >= 11 is 0. The van der Waals surface area contributed by atoms with Gasteiger partial charge in [0.25, 0.3) is 5.91 Å².